The molecule has 1 aromatic rings. The van der Waals surface area contributed by atoms with Gasteiger partial charge in [0.25, 0.3) is 0 Å². The van der Waals surface area contributed by atoms with Crippen LogP contribution in [0, 0.1) is 0 Å². The summed E-state index contributed by atoms with van der Waals surface area (Å²) >= 11 is 4.04. The molecule has 0 fully saturated rings. The highest BCUT2D eigenvalue weighted by Gasteiger charge is 2.95. The second-order valence-electron chi connectivity index (χ2n) is 7.62. The summed E-state index contributed by atoms with van der Waals surface area (Å²) in [5.41, 5.74) is 0.393. The molecule has 0 aliphatic rings. The van der Waals surface area contributed by atoms with E-state index in [-0.39, 0.29) is 6.42 Å². The van der Waals surface area contributed by atoms with Gasteiger partial charge in [-0.1, -0.05) is 50.7 Å². The zero-order valence-electron chi connectivity index (χ0n) is 17.2. The van der Waals surface area contributed by atoms with Crippen molar-refractivity contribution in [1.29, 1.82) is 0 Å². The van der Waals surface area contributed by atoms with Gasteiger partial charge >= 0.3 is 47.6 Å². The summed E-state index contributed by atoms with van der Waals surface area (Å²) in [6.45, 7) is 0. The van der Waals surface area contributed by atoms with Gasteiger partial charge in [0.2, 0.25) is 0 Å². The number of hydrogen-bond donors (Lipinski definition) is 0. The Hall–Kier alpha value is -0.760. The van der Waals surface area contributed by atoms with Crippen LogP contribution in [0.2, 0.25) is 0 Å². The Morgan fingerprint density at radius 1 is 0.568 bits per heavy atom. The van der Waals surface area contributed by atoms with Gasteiger partial charge in [0.15, 0.2) is 0 Å². The van der Waals surface area contributed by atoms with E-state index in [2.05, 4.69) is 15.9 Å². The van der Waals surface area contributed by atoms with E-state index in [1.54, 1.807) is 0 Å². The summed E-state index contributed by atoms with van der Waals surface area (Å²) < 4.78 is 225. The van der Waals surface area contributed by atoms with E-state index in [1.165, 1.54) is 24.3 Å². The minimum absolute atomic E-state index is 0.175. The molecule has 0 radical (unpaired) electrons. The molecule has 1 atom stereocenters. The Balaban J connectivity index is 3.31. The fourth-order valence-electron chi connectivity index (χ4n) is 2.68. The first-order chi connectivity index (χ1) is 16.1. The van der Waals surface area contributed by atoms with E-state index in [4.69, 9.17) is 0 Å². The van der Waals surface area contributed by atoms with Gasteiger partial charge in [0, 0.05) is 14.8 Å². The molecule has 19 heteroatoms. The first-order valence-corrected chi connectivity index (χ1v) is 11.3. The molecule has 0 saturated heterocycles. The minimum Gasteiger partial charge on any atom is -0.200 e. The highest BCUT2D eigenvalue weighted by Crippen LogP contribution is 2.64. The lowest BCUT2D eigenvalue weighted by Gasteiger charge is -2.43. The number of aryl methyl sites for hydroxylation is 1. The van der Waals surface area contributed by atoms with Gasteiger partial charge in [-0.05, 0) is 30.5 Å². The van der Waals surface area contributed by atoms with Crippen molar-refractivity contribution in [3.8, 4) is 0 Å². The van der Waals surface area contributed by atoms with Crippen molar-refractivity contribution in [3.63, 3.8) is 0 Å². The molecule has 0 bridgehead atoms. The molecule has 0 aromatic heterocycles. The second kappa shape index (κ2) is 10.3. The molecular weight excluding hydrogens is 746 g/mol. The van der Waals surface area contributed by atoms with Gasteiger partial charge < -0.3 is 0 Å². The zero-order chi connectivity index (χ0) is 29.7. The molecule has 0 saturated carbocycles. The van der Waals surface area contributed by atoms with Gasteiger partial charge in [0.05, 0.1) is 0 Å². The number of benzene rings is 1. The number of alkyl halides is 18. The van der Waals surface area contributed by atoms with Crippen LogP contribution in [0.15, 0.2) is 28.7 Å². The molecule has 37 heavy (non-hydrogen) atoms. The monoisotopic (exact) mass is 756 g/mol. The van der Waals surface area contributed by atoms with Crippen LogP contribution in [0.3, 0.4) is 0 Å². The summed E-state index contributed by atoms with van der Waals surface area (Å²) in [5, 5.41) is 0. The van der Waals surface area contributed by atoms with Crippen LogP contribution in [0.1, 0.15) is 18.4 Å². The Labute approximate surface area is 218 Å². The highest BCUT2D eigenvalue weighted by molar-refractivity contribution is 14.1. The standard InChI is InChI=1S/C18H11BrF17I/c19-9-4-1-8(2-5-9)3-6-10(37)7-11(20,21)12(22,23)13(24,25)14(26,27)15(28,29)16(30,31)17(32,33)18(34,35)36/h1-2,4-5,10H,3,6-7H2. The lowest BCUT2D eigenvalue weighted by atomic mass is 9.87. The van der Waals surface area contributed by atoms with E-state index in [0.717, 1.165) is 22.6 Å². The quantitative estimate of drug-likeness (QED) is 0.120. The molecule has 1 unspecified atom stereocenters. The number of halogens is 19. The Kier molecular flexibility index (Phi) is 9.57. The molecule has 0 heterocycles. The second-order valence-corrected chi connectivity index (χ2v) is 10.3. The average Bonchev–Trinajstić information content (AvgIpc) is 2.71. The molecule has 1 rings (SSSR count). The molecule has 0 N–H and O–H groups in total. The molecule has 0 aliphatic heterocycles. The van der Waals surface area contributed by atoms with Crippen LogP contribution < -0.4 is 0 Å². The summed E-state index contributed by atoms with van der Waals surface area (Å²) in [7, 11) is 0. The highest BCUT2D eigenvalue weighted by atomic mass is 127. The molecule has 0 nitrogen and oxygen atoms in total. The summed E-state index contributed by atoms with van der Waals surface area (Å²) in [5.74, 6) is -56.0. The Morgan fingerprint density at radius 2 is 0.919 bits per heavy atom. The van der Waals surface area contributed by atoms with Gasteiger partial charge in [-0.2, -0.15) is 74.6 Å². The fraction of sp³-hybridized carbons (Fsp3) is 0.667. The molecule has 216 valence electrons. The predicted molar refractivity (Wildman–Crippen MR) is 106 cm³/mol. The van der Waals surface area contributed by atoms with Crippen molar-refractivity contribution in [2.75, 3.05) is 0 Å². The normalized spacial score (nSPS) is 16.2. The SMILES string of the molecule is FC(F)(F)C(F)(F)C(F)(F)C(F)(F)C(F)(F)C(F)(F)C(F)(F)C(F)(F)CC(I)CCc1ccc(Br)cc1. The maximum Gasteiger partial charge on any atom is 0.460 e. The average molecular weight is 757 g/mol. The van der Waals surface area contributed by atoms with Crippen molar-refractivity contribution in [2.45, 2.75) is 70.8 Å². The molecule has 0 amide bonds. The number of rotatable bonds is 11. The van der Waals surface area contributed by atoms with Crippen molar-refractivity contribution in [3.05, 3.63) is 34.3 Å². The minimum atomic E-state index is -8.60. The smallest absolute Gasteiger partial charge is 0.200 e. The summed E-state index contributed by atoms with van der Waals surface area (Å²) in [4.78, 5) is 0. The Morgan fingerprint density at radius 3 is 1.30 bits per heavy atom. The Bertz CT molecular complexity index is 923. The van der Waals surface area contributed by atoms with Crippen LogP contribution in [0.25, 0.3) is 0 Å². The van der Waals surface area contributed by atoms with E-state index in [9.17, 15) is 74.6 Å². The van der Waals surface area contributed by atoms with E-state index in [1.807, 2.05) is 0 Å². The third-order valence-electron chi connectivity index (χ3n) is 4.92. The van der Waals surface area contributed by atoms with Gasteiger partial charge in [-0.25, -0.2) is 0 Å². The summed E-state index contributed by atoms with van der Waals surface area (Å²) in [6.07, 6.45) is -10.9. The van der Waals surface area contributed by atoms with Crippen LogP contribution in [0.5, 0.6) is 0 Å². The maximum atomic E-state index is 14.0. The summed E-state index contributed by atoms with van der Waals surface area (Å²) in [6, 6.07) is 5.74. The topological polar surface area (TPSA) is 0 Å². The van der Waals surface area contributed by atoms with Crippen LogP contribution >= 0.6 is 38.5 Å². The van der Waals surface area contributed by atoms with Crippen LogP contribution in [-0.2, 0) is 6.42 Å². The lowest BCUT2D eigenvalue weighted by molar-refractivity contribution is -0.461. The van der Waals surface area contributed by atoms with Crippen molar-refractivity contribution in [2.24, 2.45) is 0 Å². The largest absolute Gasteiger partial charge is 0.460 e. The van der Waals surface area contributed by atoms with E-state index in [0.29, 0.717) is 10.0 Å². The van der Waals surface area contributed by atoms with Gasteiger partial charge in [-0.3, -0.25) is 0 Å². The molecule has 0 aliphatic carbocycles. The third kappa shape index (κ3) is 5.76. The molecule has 0 spiro atoms. The van der Waals surface area contributed by atoms with Crippen molar-refractivity contribution in [1.82, 2.24) is 0 Å². The lowest BCUT2D eigenvalue weighted by Crippen LogP contribution is -2.74. The fourth-order valence-corrected chi connectivity index (χ4v) is 3.81. The van der Waals surface area contributed by atoms with Crippen LogP contribution in [-0.4, -0.2) is 51.6 Å². The first kappa shape index (κ1) is 34.3. The maximum absolute atomic E-state index is 14.0. The number of hydrogen-bond acceptors (Lipinski definition) is 0. The van der Waals surface area contributed by atoms with E-state index < -0.39 is 64.4 Å². The first-order valence-electron chi connectivity index (χ1n) is 9.21. The van der Waals surface area contributed by atoms with Crippen molar-refractivity contribution < 1.29 is 74.6 Å². The molecular formula is C18H11BrF17I. The molecule has 1 aromatic carbocycles. The third-order valence-corrected chi connectivity index (χ3v) is 6.52. The van der Waals surface area contributed by atoms with Gasteiger partial charge in [-0.15, -0.1) is 0 Å². The predicted octanol–water partition coefficient (Wildman–Crippen LogP) is 9.58. The van der Waals surface area contributed by atoms with Crippen molar-refractivity contribution >= 4 is 38.5 Å². The van der Waals surface area contributed by atoms with Crippen LogP contribution in [0.4, 0.5) is 74.6 Å². The zero-order valence-corrected chi connectivity index (χ0v) is 20.9. The van der Waals surface area contributed by atoms with E-state index >= 15 is 0 Å². The van der Waals surface area contributed by atoms with Gasteiger partial charge in [0.1, 0.15) is 0 Å².